The molecule has 18 heavy (non-hydrogen) atoms. The van der Waals surface area contributed by atoms with Gasteiger partial charge in [-0.15, -0.1) is 0 Å². The highest BCUT2D eigenvalue weighted by atomic mass is 35.5. The second kappa shape index (κ2) is 5.01. The number of anilines is 1. The predicted molar refractivity (Wildman–Crippen MR) is 65.3 cm³/mol. The molecule has 0 bridgehead atoms. The van der Waals surface area contributed by atoms with Crippen molar-refractivity contribution in [3.05, 3.63) is 53.1 Å². The van der Waals surface area contributed by atoms with Crippen LogP contribution < -0.4 is 5.32 Å². The fourth-order valence-corrected chi connectivity index (χ4v) is 1.41. The number of hydrogen-bond donors (Lipinski definition) is 2. The summed E-state index contributed by atoms with van der Waals surface area (Å²) in [5, 5.41) is 12.1. The first-order valence-corrected chi connectivity index (χ1v) is 5.35. The van der Waals surface area contributed by atoms with Crippen LogP contribution in [-0.4, -0.2) is 16.0 Å². The third-order valence-electron chi connectivity index (χ3n) is 2.16. The Labute approximate surface area is 107 Å². The number of rotatable bonds is 2. The smallest absolute Gasteiger partial charge is 0.274 e. The Morgan fingerprint density at radius 3 is 2.72 bits per heavy atom. The van der Waals surface area contributed by atoms with Crippen LogP contribution >= 0.6 is 11.6 Å². The molecule has 6 heteroatoms. The van der Waals surface area contributed by atoms with Crippen molar-refractivity contribution in [1.29, 1.82) is 0 Å². The van der Waals surface area contributed by atoms with Gasteiger partial charge in [0.05, 0.1) is 11.2 Å². The zero-order valence-corrected chi connectivity index (χ0v) is 9.78. The molecule has 0 saturated heterocycles. The number of nitrogens with zero attached hydrogens (tertiary/aromatic N) is 1. The van der Waals surface area contributed by atoms with E-state index in [-0.39, 0.29) is 16.5 Å². The average Bonchev–Trinajstić information content (AvgIpc) is 2.34. The number of carbonyl (C=O) groups excluding carboxylic acids is 1. The molecule has 0 aliphatic heterocycles. The van der Waals surface area contributed by atoms with Crippen molar-refractivity contribution in [2.75, 3.05) is 5.32 Å². The quantitative estimate of drug-likeness (QED) is 0.879. The molecule has 0 spiro atoms. The molecule has 92 valence electrons. The van der Waals surface area contributed by atoms with Gasteiger partial charge in [-0.05, 0) is 24.3 Å². The van der Waals surface area contributed by atoms with Crippen molar-refractivity contribution in [1.82, 2.24) is 4.98 Å². The standard InChI is InChI=1S/C12H8ClFN2O2/c13-9-3-2-8(5-11(9)17)16-12(18)10-4-1-7(14)6-15-10/h1-6,17H,(H,16,18). The lowest BCUT2D eigenvalue weighted by atomic mass is 10.2. The van der Waals surface area contributed by atoms with E-state index in [0.717, 1.165) is 12.3 Å². The third kappa shape index (κ3) is 2.75. The highest BCUT2D eigenvalue weighted by molar-refractivity contribution is 6.32. The fraction of sp³-hybridized carbons (Fsp3) is 0. The maximum absolute atomic E-state index is 12.6. The molecule has 0 fully saturated rings. The summed E-state index contributed by atoms with van der Waals surface area (Å²) in [4.78, 5) is 15.3. The van der Waals surface area contributed by atoms with Gasteiger partial charge in [0.25, 0.3) is 5.91 Å². The summed E-state index contributed by atoms with van der Waals surface area (Å²) in [5.74, 6) is -1.16. The highest BCUT2D eigenvalue weighted by Gasteiger charge is 2.08. The van der Waals surface area contributed by atoms with E-state index in [9.17, 15) is 14.3 Å². The number of halogens is 2. The molecule has 4 nitrogen and oxygen atoms in total. The molecule has 0 aliphatic carbocycles. The van der Waals surface area contributed by atoms with E-state index >= 15 is 0 Å². The van der Waals surface area contributed by atoms with Crippen LogP contribution in [0.2, 0.25) is 5.02 Å². The summed E-state index contributed by atoms with van der Waals surface area (Å²) >= 11 is 5.63. The molecule has 0 aliphatic rings. The molecule has 0 atom stereocenters. The molecule has 1 aromatic heterocycles. The minimum Gasteiger partial charge on any atom is -0.506 e. The number of amides is 1. The van der Waals surface area contributed by atoms with Gasteiger partial charge in [-0.25, -0.2) is 9.37 Å². The molecule has 2 N–H and O–H groups in total. The predicted octanol–water partition coefficient (Wildman–Crippen LogP) is 2.83. The fourth-order valence-electron chi connectivity index (χ4n) is 1.30. The van der Waals surface area contributed by atoms with Crippen molar-refractivity contribution in [3.63, 3.8) is 0 Å². The number of phenolic OH excluding ortho intramolecular Hbond substituents is 1. The number of benzene rings is 1. The highest BCUT2D eigenvalue weighted by Crippen LogP contribution is 2.26. The largest absolute Gasteiger partial charge is 0.506 e. The number of aromatic hydroxyl groups is 1. The van der Waals surface area contributed by atoms with E-state index < -0.39 is 11.7 Å². The van der Waals surface area contributed by atoms with Gasteiger partial charge in [0.2, 0.25) is 0 Å². The van der Waals surface area contributed by atoms with E-state index in [1.807, 2.05) is 0 Å². The summed E-state index contributed by atoms with van der Waals surface area (Å²) in [5.41, 5.74) is 0.443. The molecule has 1 heterocycles. The second-order valence-electron chi connectivity index (χ2n) is 3.48. The lowest BCUT2D eigenvalue weighted by molar-refractivity contribution is 0.102. The van der Waals surface area contributed by atoms with Gasteiger partial charge in [-0.2, -0.15) is 0 Å². The number of nitrogens with one attached hydrogen (secondary N) is 1. The number of aromatic nitrogens is 1. The number of phenols is 1. The molecule has 1 amide bonds. The number of hydrogen-bond acceptors (Lipinski definition) is 3. The molecule has 2 rings (SSSR count). The summed E-state index contributed by atoms with van der Waals surface area (Å²) in [6, 6.07) is 6.69. The molecule has 0 unspecified atom stereocenters. The number of pyridine rings is 1. The number of carbonyl (C=O) groups is 1. The summed E-state index contributed by atoms with van der Waals surface area (Å²) < 4.78 is 12.6. The Morgan fingerprint density at radius 1 is 1.33 bits per heavy atom. The minimum atomic E-state index is -0.518. The van der Waals surface area contributed by atoms with E-state index in [1.54, 1.807) is 0 Å². The molecule has 2 aromatic rings. The van der Waals surface area contributed by atoms with Crippen molar-refractivity contribution in [2.24, 2.45) is 0 Å². The zero-order valence-electron chi connectivity index (χ0n) is 9.02. The topological polar surface area (TPSA) is 62.2 Å². The first kappa shape index (κ1) is 12.3. The van der Waals surface area contributed by atoms with Gasteiger partial charge >= 0.3 is 0 Å². The van der Waals surface area contributed by atoms with Crippen LogP contribution in [0.4, 0.5) is 10.1 Å². The Hall–Kier alpha value is -2.14. The van der Waals surface area contributed by atoms with Crippen LogP contribution in [0.15, 0.2) is 36.5 Å². The van der Waals surface area contributed by atoms with Crippen LogP contribution in [0.25, 0.3) is 0 Å². The summed E-state index contributed by atoms with van der Waals surface area (Å²) in [6.07, 6.45) is 0.953. The first-order chi connectivity index (χ1) is 8.56. The third-order valence-corrected chi connectivity index (χ3v) is 2.48. The van der Waals surface area contributed by atoms with Crippen LogP contribution in [0, 0.1) is 5.82 Å². The molecular formula is C12H8ClFN2O2. The lowest BCUT2D eigenvalue weighted by Gasteiger charge is -2.05. The van der Waals surface area contributed by atoms with Crippen molar-refractivity contribution in [2.45, 2.75) is 0 Å². The van der Waals surface area contributed by atoms with Crippen LogP contribution in [0.5, 0.6) is 5.75 Å². The second-order valence-corrected chi connectivity index (χ2v) is 3.89. The van der Waals surface area contributed by atoms with Gasteiger partial charge in [-0.1, -0.05) is 11.6 Å². The van der Waals surface area contributed by atoms with Gasteiger partial charge in [0, 0.05) is 11.8 Å². The van der Waals surface area contributed by atoms with Crippen LogP contribution in [-0.2, 0) is 0 Å². The Morgan fingerprint density at radius 2 is 2.11 bits per heavy atom. The van der Waals surface area contributed by atoms with Gasteiger partial charge in [-0.3, -0.25) is 4.79 Å². The van der Waals surface area contributed by atoms with Crippen LogP contribution in [0.3, 0.4) is 0 Å². The van der Waals surface area contributed by atoms with Gasteiger partial charge < -0.3 is 10.4 Å². The van der Waals surface area contributed by atoms with Gasteiger partial charge in [0.15, 0.2) is 0 Å². The molecule has 0 saturated carbocycles. The monoisotopic (exact) mass is 266 g/mol. The van der Waals surface area contributed by atoms with Crippen molar-refractivity contribution < 1.29 is 14.3 Å². The average molecular weight is 267 g/mol. The van der Waals surface area contributed by atoms with E-state index in [1.165, 1.54) is 24.3 Å². The van der Waals surface area contributed by atoms with E-state index in [2.05, 4.69) is 10.3 Å². The van der Waals surface area contributed by atoms with Crippen LogP contribution in [0.1, 0.15) is 10.5 Å². The lowest BCUT2D eigenvalue weighted by Crippen LogP contribution is -2.13. The first-order valence-electron chi connectivity index (χ1n) is 4.97. The zero-order chi connectivity index (χ0) is 13.1. The summed E-state index contributed by atoms with van der Waals surface area (Å²) in [7, 11) is 0. The Kier molecular flexibility index (Phi) is 3.43. The normalized spacial score (nSPS) is 10.1. The summed E-state index contributed by atoms with van der Waals surface area (Å²) in [6.45, 7) is 0. The van der Waals surface area contributed by atoms with Crippen molar-refractivity contribution in [3.8, 4) is 5.75 Å². The van der Waals surface area contributed by atoms with E-state index in [0.29, 0.717) is 5.69 Å². The maximum atomic E-state index is 12.6. The molecular weight excluding hydrogens is 259 g/mol. The maximum Gasteiger partial charge on any atom is 0.274 e. The van der Waals surface area contributed by atoms with Crippen molar-refractivity contribution >= 4 is 23.2 Å². The minimum absolute atomic E-state index is 0.0749. The Balaban J connectivity index is 2.16. The Bertz CT molecular complexity index is 587. The molecule has 1 aromatic carbocycles. The molecule has 0 radical (unpaired) electrons. The van der Waals surface area contributed by atoms with E-state index in [4.69, 9.17) is 11.6 Å². The van der Waals surface area contributed by atoms with Gasteiger partial charge in [0.1, 0.15) is 17.3 Å². The SMILES string of the molecule is O=C(Nc1ccc(Cl)c(O)c1)c1ccc(F)cn1.